The lowest BCUT2D eigenvalue weighted by atomic mass is 10.1. The monoisotopic (exact) mass is 288 g/mol. The Labute approximate surface area is 122 Å². The molecule has 0 spiro atoms. The molecule has 0 N–H and O–H groups in total. The van der Waals surface area contributed by atoms with Crippen LogP contribution < -0.4 is 0 Å². The van der Waals surface area contributed by atoms with Gasteiger partial charge in [-0.1, -0.05) is 40.9 Å². The summed E-state index contributed by atoms with van der Waals surface area (Å²) in [6, 6.07) is 10.2. The number of benzene rings is 1. The maximum atomic E-state index is 8.93. The van der Waals surface area contributed by atoms with Gasteiger partial charge < -0.3 is 0 Å². The predicted octanol–water partition coefficient (Wildman–Crippen LogP) is 4.52. The summed E-state index contributed by atoms with van der Waals surface area (Å²) in [7, 11) is 0. The van der Waals surface area contributed by atoms with Crippen LogP contribution in [-0.2, 0) is 5.75 Å². The lowest BCUT2D eigenvalue weighted by molar-refractivity contribution is 1.12. The smallest absolute Gasteiger partial charge is 0.116 e. The molecule has 0 radical (unpaired) electrons. The van der Waals surface area contributed by atoms with Gasteiger partial charge in [0.15, 0.2) is 0 Å². The SMILES string of the molecule is Cc1cc(C)cc(CSc2nccc(C#N)c2Cl)c1. The zero-order valence-corrected chi connectivity index (χ0v) is 12.3. The first-order valence-electron chi connectivity index (χ1n) is 5.84. The largest absolute Gasteiger partial charge is 0.248 e. The van der Waals surface area contributed by atoms with Gasteiger partial charge in [0.25, 0.3) is 0 Å². The standard InChI is InChI=1S/C15H13ClN2S/c1-10-5-11(2)7-12(6-10)9-19-15-14(16)13(8-17)3-4-18-15/h3-7H,9H2,1-2H3. The fraction of sp³-hybridized carbons (Fsp3) is 0.200. The van der Waals surface area contributed by atoms with E-state index in [2.05, 4.69) is 43.1 Å². The van der Waals surface area contributed by atoms with Crippen molar-refractivity contribution in [2.24, 2.45) is 0 Å². The number of aromatic nitrogens is 1. The van der Waals surface area contributed by atoms with Crippen LogP contribution in [0.1, 0.15) is 22.3 Å². The van der Waals surface area contributed by atoms with E-state index >= 15 is 0 Å². The van der Waals surface area contributed by atoms with Crippen LogP contribution >= 0.6 is 23.4 Å². The molecule has 1 heterocycles. The molecule has 96 valence electrons. The Kier molecular flexibility index (Phi) is 4.47. The predicted molar refractivity (Wildman–Crippen MR) is 79.4 cm³/mol. The molecule has 0 fully saturated rings. The molecule has 19 heavy (non-hydrogen) atoms. The molecule has 0 aliphatic carbocycles. The number of hydrogen-bond donors (Lipinski definition) is 0. The van der Waals surface area contributed by atoms with Crippen LogP contribution in [0.25, 0.3) is 0 Å². The zero-order valence-electron chi connectivity index (χ0n) is 10.8. The lowest BCUT2D eigenvalue weighted by Gasteiger charge is -2.06. The Morgan fingerprint density at radius 2 is 1.95 bits per heavy atom. The third-order valence-corrected chi connectivity index (χ3v) is 4.19. The molecular weight excluding hydrogens is 276 g/mol. The molecule has 0 saturated carbocycles. The van der Waals surface area contributed by atoms with Gasteiger partial charge >= 0.3 is 0 Å². The molecule has 4 heteroatoms. The lowest BCUT2D eigenvalue weighted by Crippen LogP contribution is -1.89. The molecular formula is C15H13ClN2S. The molecule has 1 aromatic heterocycles. The van der Waals surface area contributed by atoms with Crippen molar-refractivity contribution in [1.82, 2.24) is 4.98 Å². The van der Waals surface area contributed by atoms with Gasteiger partial charge in [0.2, 0.25) is 0 Å². The van der Waals surface area contributed by atoms with Crippen molar-refractivity contribution < 1.29 is 0 Å². The second-order valence-corrected chi connectivity index (χ2v) is 5.72. The molecule has 0 unspecified atom stereocenters. The number of pyridine rings is 1. The highest BCUT2D eigenvalue weighted by atomic mass is 35.5. The van der Waals surface area contributed by atoms with Crippen molar-refractivity contribution in [2.75, 3.05) is 0 Å². The molecule has 0 atom stereocenters. The van der Waals surface area contributed by atoms with Gasteiger partial charge in [-0.15, -0.1) is 11.8 Å². The summed E-state index contributed by atoms with van der Waals surface area (Å²) in [6.07, 6.45) is 1.62. The molecule has 1 aromatic carbocycles. The highest BCUT2D eigenvalue weighted by molar-refractivity contribution is 7.98. The summed E-state index contributed by atoms with van der Waals surface area (Å²) >= 11 is 7.68. The van der Waals surface area contributed by atoms with E-state index < -0.39 is 0 Å². The van der Waals surface area contributed by atoms with Crippen LogP contribution in [0.5, 0.6) is 0 Å². The van der Waals surface area contributed by atoms with Crippen LogP contribution in [-0.4, -0.2) is 4.98 Å². The van der Waals surface area contributed by atoms with Gasteiger partial charge in [-0.25, -0.2) is 4.98 Å². The number of thioether (sulfide) groups is 1. The van der Waals surface area contributed by atoms with Crippen LogP contribution in [0.3, 0.4) is 0 Å². The van der Waals surface area contributed by atoms with E-state index in [0.29, 0.717) is 15.6 Å². The van der Waals surface area contributed by atoms with Gasteiger partial charge in [-0.2, -0.15) is 5.26 Å². The van der Waals surface area contributed by atoms with Crippen LogP contribution in [0.15, 0.2) is 35.5 Å². The molecule has 0 bridgehead atoms. The number of rotatable bonds is 3. The van der Waals surface area contributed by atoms with Crippen LogP contribution in [0, 0.1) is 25.2 Å². The third kappa shape index (κ3) is 3.50. The van der Waals surface area contributed by atoms with E-state index in [4.69, 9.17) is 16.9 Å². The highest BCUT2D eigenvalue weighted by Crippen LogP contribution is 2.30. The Hall–Kier alpha value is -1.50. The fourth-order valence-corrected chi connectivity index (χ4v) is 3.08. The minimum absolute atomic E-state index is 0.444. The van der Waals surface area contributed by atoms with Crippen LogP contribution in [0.2, 0.25) is 5.02 Å². The summed E-state index contributed by atoms with van der Waals surface area (Å²) in [5.74, 6) is 0.796. The number of aryl methyl sites for hydroxylation is 2. The summed E-state index contributed by atoms with van der Waals surface area (Å²) < 4.78 is 0. The van der Waals surface area contributed by atoms with E-state index in [1.165, 1.54) is 16.7 Å². The Bertz CT molecular complexity index is 627. The normalized spacial score (nSPS) is 10.2. The second-order valence-electron chi connectivity index (χ2n) is 4.37. The maximum absolute atomic E-state index is 8.93. The summed E-state index contributed by atoms with van der Waals surface area (Å²) in [5.41, 5.74) is 4.21. The summed E-state index contributed by atoms with van der Waals surface area (Å²) in [6.45, 7) is 4.17. The number of nitriles is 1. The van der Waals surface area contributed by atoms with Gasteiger partial charge in [0.05, 0.1) is 10.6 Å². The van der Waals surface area contributed by atoms with E-state index in [0.717, 1.165) is 5.75 Å². The van der Waals surface area contributed by atoms with E-state index in [1.807, 2.05) is 0 Å². The van der Waals surface area contributed by atoms with Crippen LogP contribution in [0.4, 0.5) is 0 Å². The minimum Gasteiger partial charge on any atom is -0.248 e. The zero-order chi connectivity index (χ0) is 13.8. The minimum atomic E-state index is 0.444. The molecule has 2 nitrogen and oxygen atoms in total. The quantitative estimate of drug-likeness (QED) is 0.779. The molecule has 0 saturated heterocycles. The molecule has 2 aromatic rings. The molecule has 0 amide bonds. The Morgan fingerprint density at radius 1 is 1.26 bits per heavy atom. The van der Waals surface area contributed by atoms with Crippen molar-refractivity contribution >= 4 is 23.4 Å². The number of halogens is 1. The summed E-state index contributed by atoms with van der Waals surface area (Å²) in [4.78, 5) is 4.23. The summed E-state index contributed by atoms with van der Waals surface area (Å²) in [5, 5.41) is 10.1. The maximum Gasteiger partial charge on any atom is 0.116 e. The van der Waals surface area contributed by atoms with Gasteiger partial charge in [-0.05, 0) is 25.5 Å². The number of hydrogen-bond acceptors (Lipinski definition) is 3. The van der Waals surface area contributed by atoms with Gasteiger partial charge in [0, 0.05) is 11.9 Å². The fourth-order valence-electron chi connectivity index (χ4n) is 1.92. The van der Waals surface area contributed by atoms with Crippen molar-refractivity contribution in [3.8, 4) is 6.07 Å². The Balaban J connectivity index is 2.17. The first kappa shape index (κ1) is 13.9. The first-order valence-corrected chi connectivity index (χ1v) is 7.21. The molecule has 0 aliphatic rings. The third-order valence-electron chi connectivity index (χ3n) is 2.63. The second kappa shape index (κ2) is 6.10. The van der Waals surface area contributed by atoms with E-state index in [-0.39, 0.29) is 0 Å². The first-order chi connectivity index (χ1) is 9.10. The van der Waals surface area contributed by atoms with Crippen molar-refractivity contribution in [2.45, 2.75) is 24.6 Å². The van der Waals surface area contributed by atoms with Crippen molar-refractivity contribution in [3.63, 3.8) is 0 Å². The van der Waals surface area contributed by atoms with E-state index in [1.54, 1.807) is 24.0 Å². The van der Waals surface area contributed by atoms with Crippen molar-refractivity contribution in [3.05, 3.63) is 57.7 Å². The average Bonchev–Trinajstić information content (AvgIpc) is 2.36. The van der Waals surface area contributed by atoms with Crippen molar-refractivity contribution in [1.29, 1.82) is 5.26 Å². The number of nitrogens with zero attached hydrogens (tertiary/aromatic N) is 2. The molecule has 2 rings (SSSR count). The van der Waals surface area contributed by atoms with Gasteiger partial charge in [-0.3, -0.25) is 0 Å². The molecule has 0 aliphatic heterocycles. The Morgan fingerprint density at radius 3 is 2.58 bits per heavy atom. The average molecular weight is 289 g/mol. The highest BCUT2D eigenvalue weighted by Gasteiger charge is 2.08. The van der Waals surface area contributed by atoms with E-state index in [9.17, 15) is 0 Å². The topological polar surface area (TPSA) is 36.7 Å². The van der Waals surface area contributed by atoms with Gasteiger partial charge in [0.1, 0.15) is 11.1 Å².